The fraction of sp³-hybridized carbons (Fsp3) is 0.318. The maximum absolute atomic E-state index is 12.4. The van der Waals surface area contributed by atoms with Gasteiger partial charge in [-0.2, -0.15) is 0 Å². The summed E-state index contributed by atoms with van der Waals surface area (Å²) in [5.74, 6) is -0.580. The van der Waals surface area contributed by atoms with Crippen LogP contribution in [0.1, 0.15) is 58.6 Å². The van der Waals surface area contributed by atoms with Gasteiger partial charge in [-0.3, -0.25) is 9.59 Å². The predicted molar refractivity (Wildman–Crippen MR) is 107 cm³/mol. The summed E-state index contributed by atoms with van der Waals surface area (Å²) >= 11 is 0. The highest BCUT2D eigenvalue weighted by atomic mass is 16.2. The predicted octanol–water partition coefficient (Wildman–Crippen LogP) is 4.26. The maximum atomic E-state index is 12.4. The van der Waals surface area contributed by atoms with Crippen LogP contribution in [0, 0.1) is 6.92 Å². The molecule has 1 aliphatic carbocycles. The van der Waals surface area contributed by atoms with Gasteiger partial charge in [0.2, 0.25) is 0 Å². The molecule has 1 heterocycles. The lowest BCUT2D eigenvalue weighted by Crippen LogP contribution is -2.26. The number of amides is 2. The standard InChI is InChI=1S/C22H25N3O2/c1-16-8-5-6-11-18(16)25-22(27)20-13-7-12-19(24-20)21(26)23-15-14-17-9-3-2-4-10-17/h5-9,11-13H,2-4,10,14-15H2,1H3,(H,23,26)(H,25,27). The normalized spacial score (nSPS) is 13.6. The van der Waals surface area contributed by atoms with Gasteiger partial charge >= 0.3 is 0 Å². The molecule has 5 heteroatoms. The number of anilines is 1. The quantitative estimate of drug-likeness (QED) is 0.753. The van der Waals surface area contributed by atoms with E-state index in [1.165, 1.54) is 18.4 Å². The summed E-state index contributed by atoms with van der Waals surface area (Å²) in [6.07, 6.45) is 7.92. The van der Waals surface area contributed by atoms with Crippen molar-refractivity contribution in [1.29, 1.82) is 0 Å². The Kier molecular flexibility index (Phi) is 6.36. The molecule has 140 valence electrons. The van der Waals surface area contributed by atoms with Crippen LogP contribution < -0.4 is 10.6 Å². The molecule has 2 N–H and O–H groups in total. The van der Waals surface area contributed by atoms with Crippen LogP contribution in [-0.4, -0.2) is 23.3 Å². The van der Waals surface area contributed by atoms with Crippen molar-refractivity contribution in [3.05, 3.63) is 71.1 Å². The number of nitrogens with one attached hydrogen (secondary N) is 2. The van der Waals surface area contributed by atoms with E-state index in [9.17, 15) is 9.59 Å². The van der Waals surface area contributed by atoms with Crippen molar-refractivity contribution in [2.45, 2.75) is 39.0 Å². The van der Waals surface area contributed by atoms with E-state index >= 15 is 0 Å². The van der Waals surface area contributed by atoms with E-state index in [0.717, 1.165) is 30.5 Å². The van der Waals surface area contributed by atoms with Crippen LogP contribution in [0.2, 0.25) is 0 Å². The number of benzene rings is 1. The van der Waals surface area contributed by atoms with E-state index < -0.39 is 0 Å². The third-order valence-electron chi connectivity index (χ3n) is 4.72. The molecule has 0 unspecified atom stereocenters. The molecule has 1 aromatic carbocycles. The van der Waals surface area contributed by atoms with Crippen molar-refractivity contribution in [1.82, 2.24) is 10.3 Å². The molecule has 0 atom stereocenters. The molecule has 3 rings (SSSR count). The third kappa shape index (κ3) is 5.26. The number of allylic oxidation sites excluding steroid dienone is 1. The van der Waals surface area contributed by atoms with Crippen LogP contribution in [0.3, 0.4) is 0 Å². The number of pyridine rings is 1. The molecule has 0 spiro atoms. The molecular formula is C22H25N3O2. The van der Waals surface area contributed by atoms with Crippen LogP contribution in [0.15, 0.2) is 54.1 Å². The van der Waals surface area contributed by atoms with Crippen molar-refractivity contribution >= 4 is 17.5 Å². The molecule has 0 saturated heterocycles. The zero-order chi connectivity index (χ0) is 19.1. The molecule has 0 fully saturated rings. The first-order chi connectivity index (χ1) is 13.1. The van der Waals surface area contributed by atoms with Gasteiger partial charge in [0.1, 0.15) is 11.4 Å². The molecule has 1 aromatic heterocycles. The number of hydrogen-bond donors (Lipinski definition) is 2. The Balaban J connectivity index is 1.59. The molecule has 27 heavy (non-hydrogen) atoms. The second-order valence-electron chi connectivity index (χ2n) is 6.79. The number of hydrogen-bond acceptors (Lipinski definition) is 3. The number of rotatable bonds is 6. The third-order valence-corrected chi connectivity index (χ3v) is 4.72. The van der Waals surface area contributed by atoms with Gasteiger partial charge < -0.3 is 10.6 Å². The van der Waals surface area contributed by atoms with Crippen molar-refractivity contribution < 1.29 is 9.59 Å². The summed E-state index contributed by atoms with van der Waals surface area (Å²) in [6, 6.07) is 12.5. The van der Waals surface area contributed by atoms with E-state index in [4.69, 9.17) is 0 Å². The van der Waals surface area contributed by atoms with Gasteiger partial charge in [-0.1, -0.05) is 35.9 Å². The molecule has 5 nitrogen and oxygen atoms in total. The summed E-state index contributed by atoms with van der Waals surface area (Å²) < 4.78 is 0. The maximum Gasteiger partial charge on any atom is 0.274 e. The number of carbonyl (C=O) groups is 2. The Hall–Kier alpha value is -2.95. The minimum absolute atomic E-state index is 0.223. The highest BCUT2D eigenvalue weighted by Crippen LogP contribution is 2.19. The fourth-order valence-electron chi connectivity index (χ4n) is 3.15. The van der Waals surface area contributed by atoms with E-state index in [-0.39, 0.29) is 23.2 Å². The largest absolute Gasteiger partial charge is 0.350 e. The van der Waals surface area contributed by atoms with Crippen molar-refractivity contribution in [3.63, 3.8) is 0 Å². The van der Waals surface area contributed by atoms with E-state index in [2.05, 4.69) is 21.7 Å². The van der Waals surface area contributed by atoms with Gasteiger partial charge in [0.05, 0.1) is 0 Å². The minimum atomic E-state index is -0.327. The number of para-hydroxylation sites is 1. The average molecular weight is 363 g/mol. The lowest BCUT2D eigenvalue weighted by atomic mass is 9.97. The average Bonchev–Trinajstić information content (AvgIpc) is 2.70. The van der Waals surface area contributed by atoms with Crippen molar-refractivity contribution in [2.24, 2.45) is 0 Å². The summed E-state index contributed by atoms with van der Waals surface area (Å²) in [4.78, 5) is 29.0. The van der Waals surface area contributed by atoms with Crippen LogP contribution in [-0.2, 0) is 0 Å². The van der Waals surface area contributed by atoms with Gasteiger partial charge in [0.15, 0.2) is 0 Å². The van der Waals surface area contributed by atoms with E-state index in [0.29, 0.717) is 6.54 Å². The van der Waals surface area contributed by atoms with Crippen LogP contribution in [0.25, 0.3) is 0 Å². The van der Waals surface area contributed by atoms with Crippen LogP contribution >= 0.6 is 0 Å². The molecule has 0 aliphatic heterocycles. The minimum Gasteiger partial charge on any atom is -0.350 e. The van der Waals surface area contributed by atoms with Crippen LogP contribution in [0.4, 0.5) is 5.69 Å². The summed E-state index contributed by atoms with van der Waals surface area (Å²) in [6.45, 7) is 2.51. The first-order valence-electron chi connectivity index (χ1n) is 9.43. The first-order valence-corrected chi connectivity index (χ1v) is 9.43. The smallest absolute Gasteiger partial charge is 0.274 e. The lowest BCUT2D eigenvalue weighted by molar-refractivity contribution is 0.0949. The number of nitrogens with zero attached hydrogens (tertiary/aromatic N) is 1. The molecule has 0 radical (unpaired) electrons. The first kappa shape index (κ1) is 18.8. The topological polar surface area (TPSA) is 71.1 Å². The number of aryl methyl sites for hydroxylation is 1. The zero-order valence-electron chi connectivity index (χ0n) is 15.6. The molecule has 2 amide bonds. The van der Waals surface area contributed by atoms with Gasteiger partial charge in [-0.05, 0) is 62.8 Å². The molecular weight excluding hydrogens is 338 g/mol. The fourth-order valence-corrected chi connectivity index (χ4v) is 3.15. The van der Waals surface area contributed by atoms with Gasteiger partial charge in [0, 0.05) is 12.2 Å². The highest BCUT2D eigenvalue weighted by molar-refractivity contribution is 6.04. The second-order valence-corrected chi connectivity index (χ2v) is 6.79. The summed E-state index contributed by atoms with van der Waals surface area (Å²) in [5, 5.41) is 5.74. The summed E-state index contributed by atoms with van der Waals surface area (Å²) in [7, 11) is 0. The van der Waals surface area contributed by atoms with Gasteiger partial charge in [-0.15, -0.1) is 0 Å². The Morgan fingerprint density at radius 1 is 1.00 bits per heavy atom. The van der Waals surface area contributed by atoms with Crippen molar-refractivity contribution in [3.8, 4) is 0 Å². The zero-order valence-corrected chi connectivity index (χ0v) is 15.6. The highest BCUT2D eigenvalue weighted by Gasteiger charge is 2.13. The van der Waals surface area contributed by atoms with Crippen molar-refractivity contribution in [2.75, 3.05) is 11.9 Å². The molecule has 2 aromatic rings. The Morgan fingerprint density at radius 3 is 2.52 bits per heavy atom. The van der Waals surface area contributed by atoms with E-state index in [1.54, 1.807) is 18.2 Å². The SMILES string of the molecule is Cc1ccccc1NC(=O)c1cccc(C(=O)NCCC2=CCCCC2)n1. The number of aromatic nitrogens is 1. The Bertz CT molecular complexity index is 858. The number of carbonyl (C=O) groups excluding carboxylic acids is 2. The van der Waals surface area contributed by atoms with Crippen LogP contribution in [0.5, 0.6) is 0 Å². The Labute approximate surface area is 159 Å². The lowest BCUT2D eigenvalue weighted by Gasteiger charge is -2.13. The van der Waals surface area contributed by atoms with Gasteiger partial charge in [-0.25, -0.2) is 4.98 Å². The molecule has 0 bridgehead atoms. The second kappa shape index (κ2) is 9.12. The van der Waals surface area contributed by atoms with E-state index in [1.807, 2.05) is 31.2 Å². The van der Waals surface area contributed by atoms with Gasteiger partial charge in [0.25, 0.3) is 11.8 Å². The molecule has 0 saturated carbocycles. The molecule has 1 aliphatic rings. The summed E-state index contributed by atoms with van der Waals surface area (Å²) in [5.41, 5.74) is 3.60. The Morgan fingerprint density at radius 2 is 1.78 bits per heavy atom. The monoisotopic (exact) mass is 363 g/mol.